The Hall–Kier alpha value is -1.05. The van der Waals surface area contributed by atoms with Gasteiger partial charge in [-0.3, -0.25) is 15.3 Å². The van der Waals surface area contributed by atoms with Crippen LogP contribution in [0.3, 0.4) is 0 Å². The molecule has 3 atom stereocenters. The van der Waals surface area contributed by atoms with Gasteiger partial charge >= 0.3 is 0 Å². The van der Waals surface area contributed by atoms with Crippen molar-refractivity contribution < 1.29 is 4.74 Å². The number of hydrogen-bond acceptors (Lipinski definition) is 6. The molecule has 2 fully saturated rings. The van der Waals surface area contributed by atoms with Gasteiger partial charge in [-0.05, 0) is 17.5 Å². The Bertz CT molecular complexity index is 478. The zero-order valence-corrected chi connectivity index (χ0v) is 14.9. The highest BCUT2D eigenvalue weighted by atomic mass is 16.5. The molecule has 1 aromatic rings. The number of nitrogens with zero attached hydrogens (tertiary/aromatic N) is 2. The van der Waals surface area contributed by atoms with Crippen LogP contribution in [0, 0.1) is 11.8 Å². The number of ether oxygens (including phenoxy) is 1. The predicted molar refractivity (Wildman–Crippen MR) is 95.5 cm³/mol. The lowest BCUT2D eigenvalue weighted by atomic mass is 9.95. The van der Waals surface area contributed by atoms with E-state index in [1.54, 1.807) is 0 Å². The molecule has 24 heavy (non-hydrogen) atoms. The average Bonchev–Trinajstić information content (AvgIpc) is 3.08. The first kappa shape index (κ1) is 17.8. The third-order valence-electron chi connectivity index (χ3n) is 5.18. The van der Waals surface area contributed by atoms with E-state index in [4.69, 9.17) is 4.74 Å². The molecule has 0 amide bonds. The summed E-state index contributed by atoms with van der Waals surface area (Å²) in [5.74, 6) is 1.18. The fraction of sp³-hybridized carbons (Fsp3) is 0.722. The van der Waals surface area contributed by atoms with E-state index < -0.39 is 0 Å². The highest BCUT2D eigenvalue weighted by Gasteiger charge is 2.29. The molecule has 2 saturated heterocycles. The molecule has 0 aromatic carbocycles. The maximum atomic E-state index is 5.49. The molecule has 0 bridgehead atoms. The van der Waals surface area contributed by atoms with Crippen molar-refractivity contribution in [3.63, 3.8) is 0 Å². The molecule has 6 heteroatoms. The first-order valence-corrected chi connectivity index (χ1v) is 9.16. The van der Waals surface area contributed by atoms with Gasteiger partial charge in [0.15, 0.2) is 0 Å². The minimum absolute atomic E-state index is 0.326. The second-order valence-electron chi connectivity index (χ2n) is 7.17. The zero-order valence-electron chi connectivity index (χ0n) is 14.9. The van der Waals surface area contributed by atoms with E-state index in [-0.39, 0.29) is 0 Å². The quantitative estimate of drug-likeness (QED) is 0.686. The Morgan fingerprint density at radius 1 is 1.38 bits per heavy atom. The molecule has 2 aliphatic rings. The van der Waals surface area contributed by atoms with Gasteiger partial charge in [0.05, 0.1) is 19.3 Å². The third-order valence-corrected chi connectivity index (χ3v) is 5.18. The van der Waals surface area contributed by atoms with Crippen molar-refractivity contribution >= 4 is 0 Å². The standard InChI is InChI=1S/C18H31N5O/c1-14(2)17(23-6-8-24-9-7-23)13-20-11-16-12-21-22-18(16)15-4-3-5-19-10-15/h3-5,10,14,16-18,20-22H,6-9,11-13H2,1-2H3. The molecular formula is C18H31N5O. The van der Waals surface area contributed by atoms with Crippen molar-refractivity contribution in [1.29, 1.82) is 0 Å². The van der Waals surface area contributed by atoms with Crippen LogP contribution in [-0.4, -0.2) is 61.9 Å². The van der Waals surface area contributed by atoms with E-state index in [1.807, 2.05) is 18.5 Å². The summed E-state index contributed by atoms with van der Waals surface area (Å²) >= 11 is 0. The fourth-order valence-electron chi connectivity index (χ4n) is 3.75. The van der Waals surface area contributed by atoms with Crippen LogP contribution in [-0.2, 0) is 4.74 Å². The molecule has 0 saturated carbocycles. The molecule has 1 aromatic heterocycles. The molecule has 6 nitrogen and oxygen atoms in total. The summed E-state index contributed by atoms with van der Waals surface area (Å²) in [6.07, 6.45) is 3.79. The maximum Gasteiger partial charge on any atom is 0.0594 e. The highest BCUT2D eigenvalue weighted by Crippen LogP contribution is 2.23. The van der Waals surface area contributed by atoms with Gasteiger partial charge in [-0.2, -0.15) is 0 Å². The Balaban J connectivity index is 1.50. The van der Waals surface area contributed by atoms with E-state index in [1.165, 1.54) is 5.56 Å². The molecule has 134 valence electrons. The van der Waals surface area contributed by atoms with Crippen molar-refractivity contribution in [2.24, 2.45) is 11.8 Å². The molecule has 3 unspecified atom stereocenters. The highest BCUT2D eigenvalue weighted by molar-refractivity contribution is 5.16. The number of hydrazine groups is 1. The summed E-state index contributed by atoms with van der Waals surface area (Å²) in [6.45, 7) is 11.5. The zero-order chi connectivity index (χ0) is 16.8. The van der Waals surface area contributed by atoms with Gasteiger partial charge < -0.3 is 10.1 Å². The Kier molecular flexibility index (Phi) is 6.57. The van der Waals surface area contributed by atoms with Crippen LogP contribution in [0.1, 0.15) is 25.5 Å². The molecule has 0 radical (unpaired) electrons. The SMILES string of the molecule is CC(C)C(CNCC1CNNC1c1cccnc1)N1CCOCC1. The van der Waals surface area contributed by atoms with Crippen LogP contribution in [0.5, 0.6) is 0 Å². The van der Waals surface area contributed by atoms with Gasteiger partial charge in [0.1, 0.15) is 0 Å². The maximum absolute atomic E-state index is 5.49. The van der Waals surface area contributed by atoms with Crippen molar-refractivity contribution in [1.82, 2.24) is 26.1 Å². The monoisotopic (exact) mass is 333 g/mol. The Labute approximate surface area is 145 Å². The van der Waals surface area contributed by atoms with Gasteiger partial charge in [-0.1, -0.05) is 19.9 Å². The average molecular weight is 333 g/mol. The van der Waals surface area contributed by atoms with Crippen LogP contribution >= 0.6 is 0 Å². The van der Waals surface area contributed by atoms with Gasteiger partial charge in [0.25, 0.3) is 0 Å². The number of hydrogen-bond donors (Lipinski definition) is 3. The van der Waals surface area contributed by atoms with Crippen LogP contribution in [0.15, 0.2) is 24.5 Å². The minimum atomic E-state index is 0.326. The number of morpholine rings is 1. The topological polar surface area (TPSA) is 61.5 Å². The van der Waals surface area contributed by atoms with Gasteiger partial charge in [-0.15, -0.1) is 0 Å². The van der Waals surface area contributed by atoms with Crippen molar-refractivity contribution in [2.75, 3.05) is 45.9 Å². The second kappa shape index (κ2) is 8.87. The summed E-state index contributed by atoms with van der Waals surface area (Å²) in [4.78, 5) is 6.82. The summed E-state index contributed by atoms with van der Waals surface area (Å²) in [7, 11) is 0. The minimum Gasteiger partial charge on any atom is -0.379 e. The molecule has 0 aliphatic carbocycles. The van der Waals surface area contributed by atoms with Crippen LogP contribution < -0.4 is 16.2 Å². The summed E-state index contributed by atoms with van der Waals surface area (Å²) in [5.41, 5.74) is 7.94. The van der Waals surface area contributed by atoms with Gasteiger partial charge in [0, 0.05) is 57.1 Å². The Morgan fingerprint density at radius 3 is 2.92 bits per heavy atom. The number of aromatic nitrogens is 1. The van der Waals surface area contributed by atoms with E-state index in [2.05, 4.69) is 46.0 Å². The molecular weight excluding hydrogens is 302 g/mol. The summed E-state index contributed by atoms with van der Waals surface area (Å²) in [6, 6.07) is 5.06. The lowest BCUT2D eigenvalue weighted by molar-refractivity contribution is 0.00638. The van der Waals surface area contributed by atoms with E-state index in [0.29, 0.717) is 23.9 Å². The molecule has 0 spiro atoms. The van der Waals surface area contributed by atoms with Gasteiger partial charge in [-0.25, -0.2) is 5.43 Å². The van der Waals surface area contributed by atoms with Crippen LogP contribution in [0.25, 0.3) is 0 Å². The van der Waals surface area contributed by atoms with E-state index >= 15 is 0 Å². The summed E-state index contributed by atoms with van der Waals surface area (Å²) < 4.78 is 5.49. The predicted octanol–water partition coefficient (Wildman–Crippen LogP) is 0.793. The lowest BCUT2D eigenvalue weighted by Gasteiger charge is -2.37. The molecule has 3 heterocycles. The largest absolute Gasteiger partial charge is 0.379 e. The number of rotatable bonds is 7. The first-order valence-electron chi connectivity index (χ1n) is 9.16. The smallest absolute Gasteiger partial charge is 0.0594 e. The van der Waals surface area contributed by atoms with Crippen LogP contribution in [0.4, 0.5) is 0 Å². The normalized spacial score (nSPS) is 26.8. The molecule has 3 N–H and O–H groups in total. The van der Waals surface area contributed by atoms with E-state index in [9.17, 15) is 0 Å². The van der Waals surface area contributed by atoms with Crippen molar-refractivity contribution in [3.05, 3.63) is 30.1 Å². The van der Waals surface area contributed by atoms with Crippen LogP contribution in [0.2, 0.25) is 0 Å². The fourth-order valence-corrected chi connectivity index (χ4v) is 3.75. The Morgan fingerprint density at radius 2 is 2.21 bits per heavy atom. The second-order valence-corrected chi connectivity index (χ2v) is 7.17. The summed E-state index contributed by atoms with van der Waals surface area (Å²) in [5, 5.41) is 3.72. The van der Waals surface area contributed by atoms with Crippen molar-refractivity contribution in [3.8, 4) is 0 Å². The lowest BCUT2D eigenvalue weighted by Crippen LogP contribution is -2.51. The molecule has 2 aliphatic heterocycles. The number of nitrogens with one attached hydrogen (secondary N) is 3. The first-order chi connectivity index (χ1) is 11.8. The van der Waals surface area contributed by atoms with Gasteiger partial charge in [0.2, 0.25) is 0 Å². The van der Waals surface area contributed by atoms with E-state index in [0.717, 1.165) is 45.9 Å². The third kappa shape index (κ3) is 4.52. The molecule has 3 rings (SSSR count). The van der Waals surface area contributed by atoms with Crippen molar-refractivity contribution in [2.45, 2.75) is 25.9 Å². The number of pyridine rings is 1.